The van der Waals surface area contributed by atoms with E-state index in [1.807, 2.05) is 19.1 Å². The molecule has 0 spiro atoms. The maximum absolute atomic E-state index is 10.9. The van der Waals surface area contributed by atoms with Gasteiger partial charge in [0.2, 0.25) is 5.95 Å². The first-order valence-corrected chi connectivity index (χ1v) is 10.2. The summed E-state index contributed by atoms with van der Waals surface area (Å²) in [6.45, 7) is 2.54. The average Bonchev–Trinajstić information content (AvgIpc) is 2.69. The molecular formula is C20H20ClN4O3S-. The minimum absolute atomic E-state index is 0.151. The van der Waals surface area contributed by atoms with E-state index in [9.17, 15) is 8.76 Å². The number of methoxy groups -OCH3 is 1. The molecule has 29 heavy (non-hydrogen) atoms. The molecule has 0 aliphatic carbocycles. The number of aromatic nitrogens is 2. The van der Waals surface area contributed by atoms with E-state index in [4.69, 9.17) is 22.1 Å². The van der Waals surface area contributed by atoms with Crippen LogP contribution in [0.25, 0.3) is 11.3 Å². The predicted molar refractivity (Wildman–Crippen MR) is 114 cm³/mol. The smallest absolute Gasteiger partial charge is 0.222 e. The van der Waals surface area contributed by atoms with Crippen molar-refractivity contribution in [3.8, 4) is 17.0 Å². The Kier molecular flexibility index (Phi) is 6.68. The lowest BCUT2D eigenvalue weighted by Gasteiger charge is -2.12. The van der Waals surface area contributed by atoms with E-state index in [1.165, 1.54) is 0 Å². The van der Waals surface area contributed by atoms with Crippen molar-refractivity contribution in [1.82, 2.24) is 9.97 Å². The Morgan fingerprint density at radius 3 is 2.59 bits per heavy atom. The van der Waals surface area contributed by atoms with E-state index in [2.05, 4.69) is 15.3 Å². The number of halogens is 1. The topological polar surface area (TPSA) is 113 Å². The average molecular weight is 432 g/mol. The third-order valence-electron chi connectivity index (χ3n) is 4.35. The van der Waals surface area contributed by atoms with Crippen molar-refractivity contribution in [2.75, 3.05) is 24.7 Å². The fraction of sp³-hybridized carbons (Fsp3) is 0.200. The van der Waals surface area contributed by atoms with Crippen LogP contribution in [0.15, 0.2) is 47.4 Å². The van der Waals surface area contributed by atoms with Gasteiger partial charge in [-0.2, -0.15) is 4.98 Å². The number of nitrogen functional groups attached to an aromatic ring is 1. The van der Waals surface area contributed by atoms with Crippen molar-refractivity contribution in [1.29, 1.82) is 0 Å². The summed E-state index contributed by atoms with van der Waals surface area (Å²) in [5, 5.41) is 3.72. The molecule has 1 unspecified atom stereocenters. The highest BCUT2D eigenvalue weighted by atomic mass is 35.5. The monoisotopic (exact) mass is 431 g/mol. The largest absolute Gasteiger partial charge is 0.768 e. The first kappa shape index (κ1) is 21.0. The fourth-order valence-corrected chi connectivity index (χ4v) is 3.48. The molecule has 0 bridgehead atoms. The molecule has 9 heteroatoms. The number of ether oxygens (including phenoxy) is 1. The van der Waals surface area contributed by atoms with Crippen LogP contribution in [0, 0.1) is 6.92 Å². The van der Waals surface area contributed by atoms with Gasteiger partial charge in [0.1, 0.15) is 11.6 Å². The Hall–Kier alpha value is -2.68. The molecular weight excluding hydrogens is 412 g/mol. The number of benzene rings is 2. The van der Waals surface area contributed by atoms with Gasteiger partial charge in [-0.1, -0.05) is 23.7 Å². The lowest BCUT2D eigenvalue weighted by Crippen LogP contribution is -2.09. The highest BCUT2D eigenvalue weighted by Gasteiger charge is 2.11. The van der Waals surface area contributed by atoms with E-state index in [1.54, 1.807) is 37.4 Å². The van der Waals surface area contributed by atoms with Gasteiger partial charge in [0, 0.05) is 23.1 Å². The molecule has 3 rings (SSSR count). The summed E-state index contributed by atoms with van der Waals surface area (Å²) in [5.41, 5.74) is 9.35. The van der Waals surface area contributed by atoms with Gasteiger partial charge >= 0.3 is 0 Å². The molecule has 0 radical (unpaired) electrons. The Morgan fingerprint density at radius 2 is 1.93 bits per heavy atom. The van der Waals surface area contributed by atoms with Crippen LogP contribution in [0.1, 0.15) is 11.1 Å². The third-order valence-corrected chi connectivity index (χ3v) is 5.31. The molecule has 0 aliphatic heterocycles. The molecule has 2 aromatic carbocycles. The van der Waals surface area contributed by atoms with Crippen molar-refractivity contribution >= 4 is 34.4 Å². The molecule has 0 saturated heterocycles. The molecule has 3 aromatic rings. The zero-order valence-corrected chi connectivity index (χ0v) is 17.5. The molecule has 0 aliphatic rings. The number of nitrogens with one attached hydrogen (secondary N) is 1. The fourth-order valence-electron chi connectivity index (χ4n) is 2.88. The van der Waals surface area contributed by atoms with Crippen LogP contribution in [-0.2, 0) is 17.5 Å². The number of hydrogen-bond acceptors (Lipinski definition) is 7. The van der Waals surface area contributed by atoms with Crippen molar-refractivity contribution in [3.63, 3.8) is 0 Å². The summed E-state index contributed by atoms with van der Waals surface area (Å²) in [6, 6.07) is 12.2. The van der Waals surface area contributed by atoms with Gasteiger partial charge in [-0.25, -0.2) is 4.98 Å². The van der Waals surface area contributed by atoms with Gasteiger partial charge in [-0.15, -0.1) is 0 Å². The molecule has 0 fully saturated rings. The second-order valence-corrected chi connectivity index (χ2v) is 7.70. The number of hydrogen-bond donors (Lipinski definition) is 2. The summed E-state index contributed by atoms with van der Waals surface area (Å²) in [7, 11) is 1.57. The molecule has 3 N–H and O–H groups in total. The van der Waals surface area contributed by atoms with Gasteiger partial charge in [0.15, 0.2) is 0 Å². The molecule has 0 saturated carbocycles. The minimum Gasteiger partial charge on any atom is -0.768 e. The molecule has 0 amide bonds. The van der Waals surface area contributed by atoms with Crippen molar-refractivity contribution in [2.45, 2.75) is 18.2 Å². The van der Waals surface area contributed by atoms with Crippen LogP contribution >= 0.6 is 11.6 Å². The first-order chi connectivity index (χ1) is 13.9. The van der Waals surface area contributed by atoms with E-state index in [0.29, 0.717) is 35.2 Å². The highest BCUT2D eigenvalue weighted by Crippen LogP contribution is 2.33. The number of aryl methyl sites for hydroxylation is 1. The van der Waals surface area contributed by atoms with Crippen LogP contribution < -0.4 is 15.8 Å². The normalized spacial score (nSPS) is 11.9. The number of rotatable bonds is 7. The Labute approximate surface area is 176 Å². The van der Waals surface area contributed by atoms with Crippen molar-refractivity contribution in [2.24, 2.45) is 0 Å². The van der Waals surface area contributed by atoms with Crippen molar-refractivity contribution < 1.29 is 13.5 Å². The molecule has 1 heterocycles. The molecule has 1 atom stereocenters. The molecule has 7 nitrogen and oxygen atoms in total. The SMILES string of the molecule is COc1cc(C)c(-c2cc(NCCc3ccc(S(=O)[O-])cc3)nc(N)n2)cc1Cl. The van der Waals surface area contributed by atoms with Crippen LogP contribution in [0.3, 0.4) is 0 Å². The lowest BCUT2D eigenvalue weighted by molar-refractivity contribution is 0.415. The van der Waals surface area contributed by atoms with E-state index in [-0.39, 0.29) is 10.8 Å². The van der Waals surface area contributed by atoms with Crippen molar-refractivity contribution in [3.05, 3.63) is 58.6 Å². The number of nitrogens with two attached hydrogens (primary N) is 1. The summed E-state index contributed by atoms with van der Waals surface area (Å²) in [6.07, 6.45) is 0.693. The second-order valence-electron chi connectivity index (χ2n) is 6.35. The maximum atomic E-state index is 10.9. The van der Waals surface area contributed by atoms with Gasteiger partial charge < -0.3 is 20.3 Å². The highest BCUT2D eigenvalue weighted by molar-refractivity contribution is 7.79. The van der Waals surface area contributed by atoms with Crippen LogP contribution in [-0.4, -0.2) is 32.4 Å². The summed E-state index contributed by atoms with van der Waals surface area (Å²) < 4.78 is 27.1. The van der Waals surface area contributed by atoms with Gasteiger partial charge in [-0.3, -0.25) is 4.21 Å². The zero-order chi connectivity index (χ0) is 21.0. The lowest BCUT2D eigenvalue weighted by atomic mass is 10.0. The van der Waals surface area contributed by atoms with E-state index < -0.39 is 11.1 Å². The second kappa shape index (κ2) is 9.21. The number of anilines is 2. The standard InChI is InChI=1S/C20H21ClN4O3S/c1-12-9-18(28-2)16(21)10-15(12)17-11-19(25-20(22)24-17)23-8-7-13-3-5-14(6-4-13)29(26)27/h3-6,9-11H,7-8H2,1-2H3,(H,26,27)(H3,22,23,24,25)/p-1. The molecule has 152 valence electrons. The quantitative estimate of drug-likeness (QED) is 0.549. The summed E-state index contributed by atoms with van der Waals surface area (Å²) in [5.74, 6) is 1.34. The van der Waals surface area contributed by atoms with E-state index >= 15 is 0 Å². The first-order valence-electron chi connectivity index (χ1n) is 8.78. The zero-order valence-electron chi connectivity index (χ0n) is 15.9. The van der Waals surface area contributed by atoms with E-state index in [0.717, 1.165) is 16.7 Å². The third kappa shape index (κ3) is 5.23. The van der Waals surface area contributed by atoms with Crippen LogP contribution in [0.2, 0.25) is 5.02 Å². The Bertz CT molecular complexity index is 1040. The summed E-state index contributed by atoms with van der Waals surface area (Å²) >= 11 is 4.04. The Morgan fingerprint density at radius 1 is 1.21 bits per heavy atom. The predicted octanol–water partition coefficient (Wildman–Crippen LogP) is 3.59. The summed E-state index contributed by atoms with van der Waals surface area (Å²) in [4.78, 5) is 8.82. The molecule has 1 aromatic heterocycles. The van der Waals surface area contributed by atoms with Crippen LogP contribution in [0.4, 0.5) is 11.8 Å². The van der Waals surface area contributed by atoms with Gasteiger partial charge in [0.25, 0.3) is 0 Å². The van der Waals surface area contributed by atoms with Gasteiger partial charge in [-0.05, 0) is 59.8 Å². The van der Waals surface area contributed by atoms with Crippen LogP contribution in [0.5, 0.6) is 5.75 Å². The number of nitrogens with zero attached hydrogens (tertiary/aromatic N) is 2. The Balaban J connectivity index is 1.74. The van der Waals surface area contributed by atoms with Gasteiger partial charge in [0.05, 0.1) is 17.8 Å². The maximum Gasteiger partial charge on any atom is 0.222 e. The minimum atomic E-state index is -2.22.